The Hall–Kier alpha value is -2.90. The molecule has 1 N–H and O–H groups in total. The SMILES string of the molecule is CCCOCCC.Cc1cccc(Cl)c1-c1ccc(/C=N\Nc2ncc(F)c(C)n2)nc1. The number of halogens is 2. The molecule has 0 aliphatic heterocycles. The molecule has 32 heavy (non-hydrogen) atoms. The molecule has 3 rings (SSSR count). The highest BCUT2D eigenvalue weighted by molar-refractivity contribution is 6.33. The molecule has 0 spiro atoms. The van der Waals surface area contributed by atoms with Crippen molar-refractivity contribution < 1.29 is 9.13 Å². The van der Waals surface area contributed by atoms with E-state index in [-0.39, 0.29) is 11.6 Å². The molecule has 2 heterocycles. The van der Waals surface area contributed by atoms with Gasteiger partial charge >= 0.3 is 0 Å². The van der Waals surface area contributed by atoms with Crippen molar-refractivity contribution >= 4 is 23.8 Å². The van der Waals surface area contributed by atoms with Crippen molar-refractivity contribution in [2.24, 2.45) is 5.10 Å². The molecule has 0 fully saturated rings. The van der Waals surface area contributed by atoms with Crippen LogP contribution in [-0.4, -0.2) is 34.4 Å². The minimum Gasteiger partial charge on any atom is -0.381 e. The van der Waals surface area contributed by atoms with Gasteiger partial charge in [-0.05, 0) is 44.4 Å². The zero-order valence-corrected chi connectivity index (χ0v) is 19.7. The van der Waals surface area contributed by atoms with Gasteiger partial charge in [-0.15, -0.1) is 0 Å². The molecular weight excluding hydrogens is 429 g/mol. The number of aryl methyl sites for hydroxylation is 2. The predicted octanol–water partition coefficient (Wildman–Crippen LogP) is 6.22. The first kappa shape index (κ1) is 25.4. The van der Waals surface area contributed by atoms with Gasteiger partial charge < -0.3 is 4.74 Å². The maximum atomic E-state index is 13.1. The molecule has 0 aliphatic carbocycles. The number of rotatable bonds is 8. The van der Waals surface area contributed by atoms with E-state index < -0.39 is 5.82 Å². The van der Waals surface area contributed by atoms with Crippen LogP contribution in [0.5, 0.6) is 0 Å². The average molecular weight is 458 g/mol. The van der Waals surface area contributed by atoms with Crippen LogP contribution < -0.4 is 5.43 Å². The smallest absolute Gasteiger partial charge is 0.243 e. The van der Waals surface area contributed by atoms with E-state index in [9.17, 15) is 4.39 Å². The number of hydrogen-bond acceptors (Lipinski definition) is 6. The second-order valence-electron chi connectivity index (χ2n) is 7.01. The lowest BCUT2D eigenvalue weighted by atomic mass is 10.0. The normalized spacial score (nSPS) is 10.7. The molecule has 3 aromatic rings. The zero-order valence-electron chi connectivity index (χ0n) is 18.9. The molecule has 0 bridgehead atoms. The maximum absolute atomic E-state index is 13.1. The Kier molecular flexibility index (Phi) is 10.7. The summed E-state index contributed by atoms with van der Waals surface area (Å²) in [7, 11) is 0. The summed E-state index contributed by atoms with van der Waals surface area (Å²) >= 11 is 6.27. The van der Waals surface area contributed by atoms with Crippen LogP contribution in [0.2, 0.25) is 5.02 Å². The van der Waals surface area contributed by atoms with Crippen LogP contribution in [0.25, 0.3) is 11.1 Å². The summed E-state index contributed by atoms with van der Waals surface area (Å²) in [6.45, 7) is 9.65. The summed E-state index contributed by atoms with van der Waals surface area (Å²) in [5.74, 6) is -0.236. The van der Waals surface area contributed by atoms with Crippen LogP contribution in [0.15, 0.2) is 47.8 Å². The van der Waals surface area contributed by atoms with Crippen LogP contribution in [0.4, 0.5) is 10.3 Å². The molecule has 170 valence electrons. The van der Waals surface area contributed by atoms with Gasteiger partial charge in [0.05, 0.1) is 23.8 Å². The third-order valence-corrected chi connectivity index (χ3v) is 4.59. The van der Waals surface area contributed by atoms with Crippen molar-refractivity contribution in [1.82, 2.24) is 15.0 Å². The van der Waals surface area contributed by atoms with Crippen LogP contribution in [0.3, 0.4) is 0 Å². The Balaban J connectivity index is 0.000000451. The second kappa shape index (κ2) is 13.5. The number of pyridine rings is 1. The van der Waals surface area contributed by atoms with Gasteiger partial charge in [-0.3, -0.25) is 4.98 Å². The van der Waals surface area contributed by atoms with Gasteiger partial charge in [-0.2, -0.15) is 5.10 Å². The summed E-state index contributed by atoms with van der Waals surface area (Å²) in [6.07, 6.45) is 6.65. The first-order chi connectivity index (χ1) is 15.5. The number of benzene rings is 1. The van der Waals surface area contributed by atoms with Crippen LogP contribution in [0, 0.1) is 19.7 Å². The molecule has 0 radical (unpaired) electrons. The number of hydrogen-bond donors (Lipinski definition) is 1. The van der Waals surface area contributed by atoms with Gasteiger partial charge in [0.1, 0.15) is 0 Å². The highest BCUT2D eigenvalue weighted by Crippen LogP contribution is 2.30. The lowest BCUT2D eigenvalue weighted by molar-refractivity contribution is 0.135. The Bertz CT molecular complexity index is 988. The van der Waals surface area contributed by atoms with E-state index in [4.69, 9.17) is 16.3 Å². The molecule has 0 amide bonds. The molecule has 0 saturated heterocycles. The summed E-state index contributed by atoms with van der Waals surface area (Å²) in [5.41, 5.74) is 6.54. The summed E-state index contributed by atoms with van der Waals surface area (Å²) in [4.78, 5) is 12.1. The fourth-order valence-corrected chi connectivity index (χ4v) is 3.01. The molecule has 0 aliphatic rings. The van der Waals surface area contributed by atoms with Gasteiger partial charge in [0.15, 0.2) is 5.82 Å². The number of anilines is 1. The van der Waals surface area contributed by atoms with Gasteiger partial charge in [0.2, 0.25) is 5.95 Å². The van der Waals surface area contributed by atoms with Crippen LogP contribution >= 0.6 is 11.6 Å². The van der Waals surface area contributed by atoms with Crippen molar-refractivity contribution in [3.8, 4) is 11.1 Å². The van der Waals surface area contributed by atoms with E-state index >= 15 is 0 Å². The maximum Gasteiger partial charge on any atom is 0.243 e. The standard InChI is InChI=1S/C18H15ClFN5.C6H14O/c1-11-4-3-5-15(19)17(11)13-6-7-14(21-8-13)9-23-25-18-22-10-16(20)12(2)24-18;1-3-5-7-6-4-2/h3-10H,1-2H3,(H,22,24,25);3-6H2,1-2H3/b23-9-;. The topological polar surface area (TPSA) is 72.3 Å². The third-order valence-electron chi connectivity index (χ3n) is 4.27. The summed E-state index contributed by atoms with van der Waals surface area (Å²) < 4.78 is 18.2. The van der Waals surface area contributed by atoms with E-state index in [0.717, 1.165) is 48.9 Å². The Morgan fingerprint density at radius 1 is 1.06 bits per heavy atom. The zero-order chi connectivity index (χ0) is 23.3. The highest BCUT2D eigenvalue weighted by atomic mass is 35.5. The number of aromatic nitrogens is 3. The minimum atomic E-state index is -0.457. The Labute approximate surface area is 193 Å². The lowest BCUT2D eigenvalue weighted by Crippen LogP contribution is -2.00. The first-order valence-corrected chi connectivity index (χ1v) is 10.9. The molecule has 0 atom stereocenters. The van der Waals surface area contributed by atoms with Crippen molar-refractivity contribution in [2.75, 3.05) is 18.6 Å². The van der Waals surface area contributed by atoms with Gasteiger partial charge in [0, 0.05) is 35.6 Å². The highest BCUT2D eigenvalue weighted by Gasteiger charge is 2.07. The fraction of sp³-hybridized carbons (Fsp3) is 0.333. The molecule has 6 nitrogen and oxygen atoms in total. The Morgan fingerprint density at radius 3 is 2.41 bits per heavy atom. The molecule has 8 heteroatoms. The average Bonchev–Trinajstić information content (AvgIpc) is 2.78. The summed E-state index contributed by atoms with van der Waals surface area (Å²) in [5, 5.41) is 4.70. The number of ether oxygens (including phenoxy) is 1. The summed E-state index contributed by atoms with van der Waals surface area (Å²) in [6, 6.07) is 9.54. The third kappa shape index (κ3) is 7.98. The molecule has 0 unspecified atom stereocenters. The molecule has 1 aromatic carbocycles. The Morgan fingerprint density at radius 2 is 1.81 bits per heavy atom. The lowest BCUT2D eigenvalue weighted by Gasteiger charge is -2.08. The number of hydrazone groups is 1. The van der Waals surface area contributed by atoms with Crippen LogP contribution in [-0.2, 0) is 4.74 Å². The second-order valence-corrected chi connectivity index (χ2v) is 7.42. The van der Waals surface area contributed by atoms with Crippen molar-refractivity contribution in [3.05, 3.63) is 70.5 Å². The van der Waals surface area contributed by atoms with E-state index in [1.807, 2.05) is 37.3 Å². The van der Waals surface area contributed by atoms with E-state index in [1.165, 1.54) is 6.21 Å². The number of nitrogens with zero attached hydrogens (tertiary/aromatic N) is 4. The van der Waals surface area contributed by atoms with Gasteiger partial charge in [0.25, 0.3) is 0 Å². The molecular formula is C24H29ClFN5O. The van der Waals surface area contributed by atoms with Crippen molar-refractivity contribution in [1.29, 1.82) is 0 Å². The minimum absolute atomic E-state index is 0.221. The van der Waals surface area contributed by atoms with E-state index in [0.29, 0.717) is 10.7 Å². The van der Waals surface area contributed by atoms with Gasteiger partial charge in [-0.1, -0.05) is 43.6 Å². The molecule has 2 aromatic heterocycles. The van der Waals surface area contributed by atoms with Crippen molar-refractivity contribution in [2.45, 2.75) is 40.5 Å². The predicted molar refractivity (Wildman–Crippen MR) is 129 cm³/mol. The first-order valence-electron chi connectivity index (χ1n) is 10.5. The van der Waals surface area contributed by atoms with E-state index in [2.05, 4.69) is 39.3 Å². The molecule has 0 saturated carbocycles. The fourth-order valence-electron chi connectivity index (χ4n) is 2.68. The number of nitrogens with one attached hydrogen (secondary N) is 1. The van der Waals surface area contributed by atoms with Crippen molar-refractivity contribution in [3.63, 3.8) is 0 Å². The van der Waals surface area contributed by atoms with Crippen LogP contribution in [0.1, 0.15) is 43.6 Å². The largest absolute Gasteiger partial charge is 0.381 e. The van der Waals surface area contributed by atoms with E-state index in [1.54, 1.807) is 13.1 Å². The van der Waals surface area contributed by atoms with Gasteiger partial charge in [-0.25, -0.2) is 19.8 Å². The quantitative estimate of drug-likeness (QED) is 0.247. The monoisotopic (exact) mass is 457 g/mol.